The van der Waals surface area contributed by atoms with Crippen LogP contribution in [-0.2, 0) is 0 Å². The average Bonchev–Trinajstić information content (AvgIpc) is 2.22. The van der Waals surface area contributed by atoms with E-state index in [-0.39, 0.29) is 11.1 Å². The van der Waals surface area contributed by atoms with Crippen LogP contribution in [0.15, 0.2) is 30.5 Å². The van der Waals surface area contributed by atoms with Gasteiger partial charge in [0.05, 0.1) is 0 Å². The Hall–Kier alpha value is -1.68. The van der Waals surface area contributed by atoms with Gasteiger partial charge in [0.15, 0.2) is 0 Å². The molecule has 1 aromatic heterocycles. The maximum absolute atomic E-state index is 12.9. The first-order valence-corrected chi connectivity index (χ1v) is 5.04. The largest absolute Gasteiger partial charge is 0.340 e. The van der Waals surface area contributed by atoms with Crippen LogP contribution in [0.2, 0.25) is 5.28 Å². The zero-order valence-corrected chi connectivity index (χ0v) is 9.29. The summed E-state index contributed by atoms with van der Waals surface area (Å²) in [4.78, 5) is 7.75. The molecule has 0 aliphatic carbocycles. The summed E-state index contributed by atoms with van der Waals surface area (Å²) in [5, 5.41) is 3.21. The molecule has 0 radical (unpaired) electrons. The lowest BCUT2D eigenvalue weighted by Gasteiger charge is -2.08. The third kappa shape index (κ3) is 2.46. The molecule has 0 aliphatic heterocycles. The molecule has 0 spiro atoms. The molecule has 0 fully saturated rings. The maximum Gasteiger partial charge on any atom is 0.224 e. The second-order valence-corrected chi connectivity index (χ2v) is 3.63. The highest BCUT2D eigenvalue weighted by Crippen LogP contribution is 2.20. The van der Waals surface area contributed by atoms with Crippen molar-refractivity contribution in [2.45, 2.75) is 6.92 Å². The number of nitrogens with zero attached hydrogens (tertiary/aromatic N) is 2. The first-order chi connectivity index (χ1) is 7.65. The summed E-state index contributed by atoms with van der Waals surface area (Å²) < 4.78 is 12.9. The van der Waals surface area contributed by atoms with E-state index in [0.29, 0.717) is 5.82 Å². The van der Waals surface area contributed by atoms with Crippen LogP contribution in [0.4, 0.5) is 15.9 Å². The Labute approximate surface area is 97.3 Å². The van der Waals surface area contributed by atoms with Crippen molar-refractivity contribution < 1.29 is 4.39 Å². The minimum atomic E-state index is -0.260. The number of halogens is 2. The molecule has 2 rings (SSSR count). The molecule has 2 aromatic rings. The summed E-state index contributed by atoms with van der Waals surface area (Å²) in [6, 6.07) is 6.18. The highest BCUT2D eigenvalue weighted by molar-refractivity contribution is 6.28. The van der Waals surface area contributed by atoms with E-state index in [0.717, 1.165) is 11.3 Å². The minimum Gasteiger partial charge on any atom is -0.340 e. The van der Waals surface area contributed by atoms with Gasteiger partial charge in [0.25, 0.3) is 0 Å². The number of hydrogen-bond acceptors (Lipinski definition) is 3. The van der Waals surface area contributed by atoms with E-state index in [1.807, 2.05) is 6.92 Å². The van der Waals surface area contributed by atoms with E-state index in [1.54, 1.807) is 18.3 Å². The summed E-state index contributed by atoms with van der Waals surface area (Å²) in [6.07, 6.45) is 1.55. The number of anilines is 2. The van der Waals surface area contributed by atoms with Gasteiger partial charge in [0, 0.05) is 11.9 Å². The van der Waals surface area contributed by atoms with Crippen LogP contribution in [-0.4, -0.2) is 9.97 Å². The van der Waals surface area contributed by atoms with Crippen LogP contribution in [0.5, 0.6) is 0 Å². The summed E-state index contributed by atoms with van der Waals surface area (Å²) in [5.74, 6) is 0.318. The fourth-order valence-corrected chi connectivity index (χ4v) is 1.46. The highest BCUT2D eigenvalue weighted by atomic mass is 35.5. The van der Waals surface area contributed by atoms with Crippen molar-refractivity contribution in [2.24, 2.45) is 0 Å². The molecule has 82 valence electrons. The molecule has 1 N–H and O–H groups in total. The van der Waals surface area contributed by atoms with E-state index in [4.69, 9.17) is 11.6 Å². The summed E-state index contributed by atoms with van der Waals surface area (Å²) >= 11 is 5.65. The molecule has 0 bridgehead atoms. The SMILES string of the molecule is Cc1cc(F)ccc1Nc1ccnc(Cl)n1. The molecule has 16 heavy (non-hydrogen) atoms. The molecule has 1 heterocycles. The monoisotopic (exact) mass is 237 g/mol. The van der Waals surface area contributed by atoms with Crippen molar-refractivity contribution in [2.75, 3.05) is 5.32 Å². The number of rotatable bonds is 2. The zero-order valence-electron chi connectivity index (χ0n) is 8.54. The normalized spacial score (nSPS) is 10.2. The quantitative estimate of drug-likeness (QED) is 0.815. The van der Waals surface area contributed by atoms with E-state index in [2.05, 4.69) is 15.3 Å². The first-order valence-electron chi connectivity index (χ1n) is 4.67. The van der Waals surface area contributed by atoms with Gasteiger partial charge in [-0.15, -0.1) is 0 Å². The number of hydrogen-bond donors (Lipinski definition) is 1. The average molecular weight is 238 g/mol. The Balaban J connectivity index is 2.27. The molecular weight excluding hydrogens is 229 g/mol. The Morgan fingerprint density at radius 3 is 2.81 bits per heavy atom. The van der Waals surface area contributed by atoms with Gasteiger partial charge < -0.3 is 5.32 Å². The predicted octanol–water partition coefficient (Wildman–Crippen LogP) is 3.32. The van der Waals surface area contributed by atoms with Crippen molar-refractivity contribution in [3.63, 3.8) is 0 Å². The van der Waals surface area contributed by atoms with Gasteiger partial charge in [-0.2, -0.15) is 0 Å². The summed E-state index contributed by atoms with van der Waals surface area (Å²) in [7, 11) is 0. The van der Waals surface area contributed by atoms with E-state index >= 15 is 0 Å². The van der Waals surface area contributed by atoms with E-state index in [9.17, 15) is 4.39 Å². The van der Waals surface area contributed by atoms with Gasteiger partial charge in [-0.1, -0.05) is 0 Å². The number of aromatic nitrogens is 2. The molecule has 0 atom stereocenters. The van der Waals surface area contributed by atoms with Gasteiger partial charge in [-0.3, -0.25) is 0 Å². The van der Waals surface area contributed by atoms with Crippen LogP contribution in [0.25, 0.3) is 0 Å². The van der Waals surface area contributed by atoms with Gasteiger partial charge in [-0.25, -0.2) is 14.4 Å². The van der Waals surface area contributed by atoms with Crippen LogP contribution >= 0.6 is 11.6 Å². The molecule has 0 saturated heterocycles. The fourth-order valence-electron chi connectivity index (χ4n) is 1.31. The predicted molar refractivity (Wildman–Crippen MR) is 61.5 cm³/mol. The summed E-state index contributed by atoms with van der Waals surface area (Å²) in [6.45, 7) is 1.81. The topological polar surface area (TPSA) is 37.8 Å². The van der Waals surface area contributed by atoms with E-state index < -0.39 is 0 Å². The Bertz CT molecular complexity index is 516. The maximum atomic E-state index is 12.9. The van der Waals surface area contributed by atoms with Crippen LogP contribution in [0, 0.1) is 12.7 Å². The first kappa shape index (κ1) is 10.8. The number of nitrogens with one attached hydrogen (secondary N) is 1. The third-order valence-electron chi connectivity index (χ3n) is 2.08. The number of aryl methyl sites for hydroxylation is 1. The summed E-state index contributed by atoms with van der Waals surface area (Å²) in [5.41, 5.74) is 1.59. The van der Waals surface area contributed by atoms with Crippen LogP contribution in [0.1, 0.15) is 5.56 Å². The van der Waals surface area contributed by atoms with Crippen molar-refractivity contribution in [1.29, 1.82) is 0 Å². The molecule has 1 aromatic carbocycles. The third-order valence-corrected chi connectivity index (χ3v) is 2.26. The molecule has 3 nitrogen and oxygen atoms in total. The molecule has 5 heteroatoms. The molecule has 0 aliphatic rings. The zero-order chi connectivity index (χ0) is 11.5. The lowest BCUT2D eigenvalue weighted by Crippen LogP contribution is -1.96. The molecule has 0 unspecified atom stereocenters. The van der Waals surface area contributed by atoms with Gasteiger partial charge >= 0.3 is 0 Å². The van der Waals surface area contributed by atoms with Crippen molar-refractivity contribution in [3.8, 4) is 0 Å². The van der Waals surface area contributed by atoms with Crippen LogP contribution < -0.4 is 5.32 Å². The second kappa shape index (κ2) is 4.45. The van der Waals surface area contributed by atoms with Crippen molar-refractivity contribution >= 4 is 23.1 Å². The van der Waals surface area contributed by atoms with Gasteiger partial charge in [0.1, 0.15) is 11.6 Å². The highest BCUT2D eigenvalue weighted by Gasteiger charge is 2.02. The molecule has 0 saturated carbocycles. The Morgan fingerprint density at radius 2 is 2.12 bits per heavy atom. The van der Waals surface area contributed by atoms with E-state index in [1.165, 1.54) is 12.1 Å². The fraction of sp³-hybridized carbons (Fsp3) is 0.0909. The Morgan fingerprint density at radius 1 is 1.31 bits per heavy atom. The number of benzene rings is 1. The minimum absolute atomic E-state index is 0.171. The second-order valence-electron chi connectivity index (χ2n) is 3.30. The lowest BCUT2D eigenvalue weighted by atomic mass is 10.2. The van der Waals surface area contributed by atoms with Gasteiger partial charge in [-0.05, 0) is 48.4 Å². The van der Waals surface area contributed by atoms with Crippen molar-refractivity contribution in [1.82, 2.24) is 9.97 Å². The van der Waals surface area contributed by atoms with Crippen molar-refractivity contribution in [3.05, 3.63) is 47.1 Å². The Kier molecular flexibility index (Phi) is 3.01. The van der Waals surface area contributed by atoms with Crippen LogP contribution in [0.3, 0.4) is 0 Å². The smallest absolute Gasteiger partial charge is 0.224 e. The standard InChI is InChI=1S/C11H9ClFN3/c1-7-6-8(13)2-3-9(7)15-10-4-5-14-11(12)16-10/h2-6H,1H3,(H,14,15,16). The lowest BCUT2D eigenvalue weighted by molar-refractivity contribution is 0.627. The molecular formula is C11H9ClFN3. The molecule has 0 amide bonds. The van der Waals surface area contributed by atoms with Gasteiger partial charge in [0.2, 0.25) is 5.28 Å².